The molecule has 2 aromatic heterocycles. The Bertz CT molecular complexity index is 1060. The van der Waals surface area contributed by atoms with Crippen molar-refractivity contribution in [3.05, 3.63) is 77.4 Å². The first-order valence-electron chi connectivity index (χ1n) is 8.18. The number of ether oxygens (including phenoxy) is 1. The van der Waals surface area contributed by atoms with Crippen LogP contribution in [-0.2, 0) is 16.4 Å². The Hall–Kier alpha value is -3.13. The molecule has 0 aliphatic heterocycles. The van der Waals surface area contributed by atoms with Crippen LogP contribution in [0.25, 0.3) is 0 Å². The Morgan fingerprint density at radius 1 is 1.26 bits per heavy atom. The number of benzene rings is 1. The molecule has 8 heteroatoms. The van der Waals surface area contributed by atoms with Crippen molar-refractivity contribution in [3.63, 3.8) is 0 Å². The van der Waals surface area contributed by atoms with E-state index in [4.69, 9.17) is 4.74 Å². The predicted octanol–water partition coefficient (Wildman–Crippen LogP) is 2.44. The normalized spacial score (nSPS) is 11.2. The molecule has 0 saturated carbocycles. The Labute approximate surface area is 157 Å². The van der Waals surface area contributed by atoms with Gasteiger partial charge in [0.1, 0.15) is 5.75 Å². The van der Waals surface area contributed by atoms with Gasteiger partial charge < -0.3 is 9.72 Å². The summed E-state index contributed by atoms with van der Waals surface area (Å²) in [6.07, 6.45) is 4.85. The first kappa shape index (κ1) is 18.7. The number of aromatic nitrogens is 2. The lowest BCUT2D eigenvalue weighted by Crippen LogP contribution is -2.31. The number of H-pyrrole nitrogens is 1. The molecule has 2 N–H and O–H groups in total. The lowest BCUT2D eigenvalue weighted by Gasteiger charge is -2.13. The molecular weight excluding hydrogens is 366 g/mol. The second kappa shape index (κ2) is 7.63. The van der Waals surface area contributed by atoms with E-state index in [-0.39, 0.29) is 16.9 Å². The number of amides is 1. The van der Waals surface area contributed by atoms with Crippen molar-refractivity contribution in [1.29, 1.82) is 0 Å². The molecule has 1 aromatic carbocycles. The van der Waals surface area contributed by atoms with Crippen molar-refractivity contribution in [1.82, 2.24) is 14.7 Å². The number of carbonyl (C=O) groups excluding carboxylic acids is 1. The molecule has 0 aliphatic carbocycles. The molecule has 3 aromatic rings. The highest BCUT2D eigenvalue weighted by Crippen LogP contribution is 2.24. The lowest BCUT2D eigenvalue weighted by atomic mass is 10.1. The molecule has 7 nitrogen and oxygen atoms in total. The van der Waals surface area contributed by atoms with Gasteiger partial charge in [-0.1, -0.05) is 17.7 Å². The van der Waals surface area contributed by atoms with Crippen LogP contribution in [-0.4, -0.2) is 31.4 Å². The van der Waals surface area contributed by atoms with E-state index in [1.165, 1.54) is 25.4 Å². The number of hydrogen-bond acceptors (Lipinski definition) is 5. The first-order chi connectivity index (χ1) is 12.9. The van der Waals surface area contributed by atoms with E-state index in [0.717, 1.165) is 5.56 Å². The van der Waals surface area contributed by atoms with Crippen LogP contribution < -0.4 is 9.46 Å². The fourth-order valence-corrected chi connectivity index (χ4v) is 3.93. The van der Waals surface area contributed by atoms with E-state index in [1.54, 1.807) is 36.7 Å². The molecule has 0 aliphatic rings. The Morgan fingerprint density at radius 3 is 2.78 bits per heavy atom. The minimum atomic E-state index is -4.05. The van der Waals surface area contributed by atoms with E-state index < -0.39 is 15.9 Å². The fraction of sp³-hybridized carbons (Fsp3) is 0.158. The molecule has 0 saturated heterocycles. The van der Waals surface area contributed by atoms with Gasteiger partial charge in [0.25, 0.3) is 15.9 Å². The van der Waals surface area contributed by atoms with Crippen molar-refractivity contribution in [2.75, 3.05) is 7.11 Å². The molecule has 0 unspecified atom stereocenters. The minimum absolute atomic E-state index is 0.0321. The summed E-state index contributed by atoms with van der Waals surface area (Å²) >= 11 is 0. The zero-order chi connectivity index (χ0) is 19.4. The molecule has 1 amide bonds. The van der Waals surface area contributed by atoms with Gasteiger partial charge in [0.05, 0.1) is 23.3 Å². The van der Waals surface area contributed by atoms with E-state index in [2.05, 4.69) is 14.7 Å². The van der Waals surface area contributed by atoms with E-state index in [1.807, 2.05) is 6.92 Å². The van der Waals surface area contributed by atoms with Crippen molar-refractivity contribution in [2.24, 2.45) is 0 Å². The minimum Gasteiger partial charge on any atom is -0.495 e. The molecule has 0 bridgehead atoms. The number of rotatable bonds is 6. The van der Waals surface area contributed by atoms with Crippen LogP contribution in [0.1, 0.15) is 27.2 Å². The molecular formula is C19H19N3O4S. The number of carbonyl (C=O) groups is 1. The zero-order valence-corrected chi connectivity index (χ0v) is 15.7. The summed E-state index contributed by atoms with van der Waals surface area (Å²) in [6, 6.07) is 9.96. The number of pyridine rings is 1. The van der Waals surface area contributed by atoms with Gasteiger partial charge in [-0.25, -0.2) is 13.1 Å². The highest BCUT2D eigenvalue weighted by Gasteiger charge is 2.23. The SMILES string of the molecule is COc1cccnc1Cc1cc(C)ccc1S(=O)(=O)NC(=O)c1cc[nH]c1. The maximum absolute atomic E-state index is 12.8. The summed E-state index contributed by atoms with van der Waals surface area (Å²) in [7, 11) is -2.52. The molecule has 140 valence electrons. The van der Waals surface area contributed by atoms with Gasteiger partial charge in [0, 0.05) is 25.0 Å². The molecule has 0 atom stereocenters. The fourth-order valence-electron chi connectivity index (χ4n) is 2.73. The maximum atomic E-state index is 12.8. The molecule has 0 radical (unpaired) electrons. The average molecular weight is 385 g/mol. The third-order valence-corrected chi connectivity index (χ3v) is 5.45. The van der Waals surface area contributed by atoms with E-state index >= 15 is 0 Å². The summed E-state index contributed by atoms with van der Waals surface area (Å²) in [5, 5.41) is 0. The summed E-state index contributed by atoms with van der Waals surface area (Å²) in [5.74, 6) is -0.128. The average Bonchev–Trinajstić information content (AvgIpc) is 3.16. The van der Waals surface area contributed by atoms with Crippen LogP contribution in [0.2, 0.25) is 0 Å². The Morgan fingerprint density at radius 2 is 2.07 bits per heavy atom. The number of nitrogens with zero attached hydrogens (tertiary/aromatic N) is 1. The maximum Gasteiger partial charge on any atom is 0.266 e. The molecule has 3 rings (SSSR count). The topological polar surface area (TPSA) is 101 Å². The van der Waals surface area contributed by atoms with Crippen LogP contribution >= 0.6 is 0 Å². The number of methoxy groups -OCH3 is 1. The van der Waals surface area contributed by atoms with Crippen molar-refractivity contribution in [2.45, 2.75) is 18.2 Å². The summed E-state index contributed by atoms with van der Waals surface area (Å²) < 4.78 is 33.1. The zero-order valence-electron chi connectivity index (χ0n) is 14.9. The lowest BCUT2D eigenvalue weighted by molar-refractivity contribution is 0.0981. The van der Waals surface area contributed by atoms with Crippen molar-refractivity contribution >= 4 is 15.9 Å². The van der Waals surface area contributed by atoms with Gasteiger partial charge in [-0.05, 0) is 36.8 Å². The van der Waals surface area contributed by atoms with Crippen LogP contribution in [0.15, 0.2) is 59.9 Å². The van der Waals surface area contributed by atoms with Crippen LogP contribution in [0.5, 0.6) is 5.75 Å². The van der Waals surface area contributed by atoms with Crippen LogP contribution in [0.3, 0.4) is 0 Å². The molecule has 0 fully saturated rings. The van der Waals surface area contributed by atoms with Gasteiger partial charge in [0.2, 0.25) is 0 Å². The van der Waals surface area contributed by atoms with Crippen LogP contribution in [0.4, 0.5) is 0 Å². The largest absolute Gasteiger partial charge is 0.495 e. The number of hydrogen-bond donors (Lipinski definition) is 2. The van der Waals surface area contributed by atoms with Gasteiger partial charge in [-0.15, -0.1) is 0 Å². The molecule has 2 heterocycles. The highest BCUT2D eigenvalue weighted by molar-refractivity contribution is 7.90. The van der Waals surface area contributed by atoms with Crippen LogP contribution in [0, 0.1) is 6.92 Å². The number of sulfonamides is 1. The predicted molar refractivity (Wildman–Crippen MR) is 100 cm³/mol. The summed E-state index contributed by atoms with van der Waals surface area (Å²) in [5.41, 5.74) is 2.27. The van der Waals surface area contributed by atoms with Gasteiger partial charge in [0.15, 0.2) is 0 Å². The number of nitrogens with one attached hydrogen (secondary N) is 2. The van der Waals surface area contributed by atoms with Crippen molar-refractivity contribution in [3.8, 4) is 5.75 Å². The summed E-state index contributed by atoms with van der Waals surface area (Å²) in [6.45, 7) is 1.87. The molecule has 0 spiro atoms. The van der Waals surface area contributed by atoms with E-state index in [0.29, 0.717) is 17.0 Å². The second-order valence-corrected chi connectivity index (χ2v) is 7.63. The summed E-state index contributed by atoms with van der Waals surface area (Å²) in [4.78, 5) is 19.2. The van der Waals surface area contributed by atoms with Gasteiger partial charge >= 0.3 is 0 Å². The smallest absolute Gasteiger partial charge is 0.266 e. The second-order valence-electron chi connectivity index (χ2n) is 5.97. The number of aromatic amines is 1. The number of aryl methyl sites for hydroxylation is 1. The third-order valence-electron chi connectivity index (χ3n) is 4.02. The highest BCUT2D eigenvalue weighted by atomic mass is 32.2. The monoisotopic (exact) mass is 385 g/mol. The third kappa shape index (κ3) is 4.17. The standard InChI is InChI=1S/C19H19N3O4S/c1-13-5-6-18(27(24,25)22-19(23)14-7-9-20-12-14)15(10-13)11-16-17(26-2)4-3-8-21-16/h3-10,12,20H,11H2,1-2H3,(H,22,23). The van der Waals surface area contributed by atoms with E-state index in [9.17, 15) is 13.2 Å². The Balaban J connectivity index is 1.97. The quantitative estimate of drug-likeness (QED) is 0.679. The Kier molecular flexibility index (Phi) is 5.27. The van der Waals surface area contributed by atoms with Crippen molar-refractivity contribution < 1.29 is 17.9 Å². The van der Waals surface area contributed by atoms with Gasteiger partial charge in [-0.2, -0.15) is 0 Å². The first-order valence-corrected chi connectivity index (χ1v) is 9.66. The van der Waals surface area contributed by atoms with Gasteiger partial charge in [-0.3, -0.25) is 9.78 Å². The molecule has 27 heavy (non-hydrogen) atoms.